The van der Waals surface area contributed by atoms with Crippen LogP contribution in [0, 0.1) is 0 Å². The van der Waals surface area contributed by atoms with E-state index in [1.165, 1.54) is 0 Å². The molecule has 1 heterocycles. The van der Waals surface area contributed by atoms with Gasteiger partial charge in [0.05, 0.1) is 0 Å². The number of rotatable bonds is 4. The standard InChI is InChI=1S/C13H15N3O/c14-12(9-13(15)17)10-4-3-5-11(8-10)16-6-1-2-7-16/h1-8,12H,9,14H2,(H2,15,17). The van der Waals surface area contributed by atoms with Gasteiger partial charge in [0.25, 0.3) is 0 Å². The van der Waals surface area contributed by atoms with Crippen LogP contribution in [0.25, 0.3) is 5.69 Å². The SMILES string of the molecule is NC(=O)CC(N)c1cccc(-n2cccc2)c1. The summed E-state index contributed by atoms with van der Waals surface area (Å²) in [5, 5.41) is 0. The van der Waals surface area contributed by atoms with Crippen LogP contribution in [0.5, 0.6) is 0 Å². The summed E-state index contributed by atoms with van der Waals surface area (Å²) in [4.78, 5) is 10.8. The molecule has 88 valence electrons. The van der Waals surface area contributed by atoms with Gasteiger partial charge in [-0.25, -0.2) is 0 Å². The van der Waals surface area contributed by atoms with E-state index in [0.717, 1.165) is 11.3 Å². The van der Waals surface area contributed by atoms with Crippen molar-refractivity contribution >= 4 is 5.91 Å². The first-order valence-electron chi connectivity index (χ1n) is 5.44. The molecule has 0 fully saturated rings. The number of nitrogens with two attached hydrogens (primary N) is 2. The lowest BCUT2D eigenvalue weighted by Crippen LogP contribution is -2.20. The number of primary amides is 1. The zero-order chi connectivity index (χ0) is 12.3. The Morgan fingerprint density at radius 2 is 1.94 bits per heavy atom. The van der Waals surface area contributed by atoms with Gasteiger partial charge in [-0.15, -0.1) is 0 Å². The molecular weight excluding hydrogens is 214 g/mol. The Morgan fingerprint density at radius 1 is 1.24 bits per heavy atom. The number of amides is 1. The molecule has 2 rings (SSSR count). The van der Waals surface area contributed by atoms with Gasteiger partial charge in [-0.1, -0.05) is 12.1 Å². The van der Waals surface area contributed by atoms with Gasteiger partial charge in [-0.2, -0.15) is 0 Å². The van der Waals surface area contributed by atoms with Gasteiger partial charge in [0.1, 0.15) is 0 Å². The number of nitrogens with zero attached hydrogens (tertiary/aromatic N) is 1. The minimum absolute atomic E-state index is 0.162. The quantitative estimate of drug-likeness (QED) is 0.830. The molecule has 0 aliphatic carbocycles. The molecule has 0 aliphatic rings. The highest BCUT2D eigenvalue weighted by Crippen LogP contribution is 2.17. The van der Waals surface area contributed by atoms with Crippen molar-refractivity contribution in [3.05, 3.63) is 54.4 Å². The minimum atomic E-state index is -0.385. The van der Waals surface area contributed by atoms with Gasteiger partial charge in [0.2, 0.25) is 5.91 Å². The third-order valence-electron chi connectivity index (χ3n) is 2.62. The molecule has 2 aromatic rings. The minimum Gasteiger partial charge on any atom is -0.370 e. The van der Waals surface area contributed by atoms with Crippen LogP contribution in [0.2, 0.25) is 0 Å². The topological polar surface area (TPSA) is 74.0 Å². The fourth-order valence-corrected chi connectivity index (χ4v) is 1.76. The van der Waals surface area contributed by atoms with E-state index in [0.29, 0.717) is 0 Å². The summed E-state index contributed by atoms with van der Waals surface area (Å²) < 4.78 is 1.99. The smallest absolute Gasteiger partial charge is 0.219 e. The summed E-state index contributed by atoms with van der Waals surface area (Å²) in [6, 6.07) is 11.3. The van der Waals surface area contributed by atoms with Crippen molar-refractivity contribution < 1.29 is 4.79 Å². The summed E-state index contributed by atoms with van der Waals surface area (Å²) in [6.07, 6.45) is 4.08. The number of hydrogen-bond donors (Lipinski definition) is 2. The van der Waals surface area contributed by atoms with E-state index in [1.54, 1.807) is 0 Å². The molecule has 17 heavy (non-hydrogen) atoms. The highest BCUT2D eigenvalue weighted by Gasteiger charge is 2.09. The van der Waals surface area contributed by atoms with Crippen molar-refractivity contribution in [1.29, 1.82) is 0 Å². The van der Waals surface area contributed by atoms with Crippen LogP contribution in [0.1, 0.15) is 18.0 Å². The van der Waals surface area contributed by atoms with Gasteiger partial charge in [0, 0.05) is 30.5 Å². The first-order valence-corrected chi connectivity index (χ1v) is 5.44. The number of hydrogen-bond acceptors (Lipinski definition) is 2. The van der Waals surface area contributed by atoms with Crippen molar-refractivity contribution in [1.82, 2.24) is 4.57 Å². The van der Waals surface area contributed by atoms with E-state index in [4.69, 9.17) is 11.5 Å². The maximum Gasteiger partial charge on any atom is 0.219 e. The van der Waals surface area contributed by atoms with Crippen LogP contribution in [0.3, 0.4) is 0 Å². The maximum absolute atomic E-state index is 10.8. The summed E-state index contributed by atoms with van der Waals surface area (Å²) in [5.41, 5.74) is 13.0. The Labute approximate surface area is 99.8 Å². The number of carbonyl (C=O) groups is 1. The van der Waals surface area contributed by atoms with E-state index in [2.05, 4.69) is 0 Å². The lowest BCUT2D eigenvalue weighted by atomic mass is 10.0. The van der Waals surface area contributed by atoms with Crippen LogP contribution in [0.4, 0.5) is 0 Å². The Bertz CT molecular complexity index is 505. The zero-order valence-electron chi connectivity index (χ0n) is 9.41. The average molecular weight is 229 g/mol. The van der Waals surface area contributed by atoms with Crippen molar-refractivity contribution in [2.75, 3.05) is 0 Å². The molecule has 4 nitrogen and oxygen atoms in total. The second-order valence-corrected chi connectivity index (χ2v) is 3.96. The van der Waals surface area contributed by atoms with Gasteiger partial charge in [-0.3, -0.25) is 4.79 Å². The van der Waals surface area contributed by atoms with Crippen molar-refractivity contribution in [3.8, 4) is 5.69 Å². The Hall–Kier alpha value is -2.07. The molecule has 1 aromatic carbocycles. The number of benzene rings is 1. The third-order valence-corrected chi connectivity index (χ3v) is 2.62. The first kappa shape index (κ1) is 11.4. The third kappa shape index (κ3) is 2.73. The molecule has 0 saturated carbocycles. The van der Waals surface area contributed by atoms with Crippen molar-refractivity contribution in [2.24, 2.45) is 11.5 Å². The predicted octanol–water partition coefficient (Wildman–Crippen LogP) is 1.35. The lowest BCUT2D eigenvalue weighted by molar-refractivity contribution is -0.118. The van der Waals surface area contributed by atoms with Crippen LogP contribution >= 0.6 is 0 Å². The summed E-state index contributed by atoms with van der Waals surface area (Å²) in [7, 11) is 0. The van der Waals surface area contributed by atoms with Crippen molar-refractivity contribution in [2.45, 2.75) is 12.5 Å². The van der Waals surface area contributed by atoms with E-state index in [-0.39, 0.29) is 18.4 Å². The number of carbonyl (C=O) groups excluding carboxylic acids is 1. The number of aromatic nitrogens is 1. The Kier molecular flexibility index (Phi) is 3.25. The largest absolute Gasteiger partial charge is 0.370 e. The van der Waals surface area contributed by atoms with E-state index >= 15 is 0 Å². The summed E-state index contributed by atoms with van der Waals surface area (Å²) in [5.74, 6) is -0.385. The molecule has 4 N–H and O–H groups in total. The molecule has 4 heteroatoms. The zero-order valence-corrected chi connectivity index (χ0v) is 9.41. The molecule has 0 saturated heterocycles. The van der Waals surface area contributed by atoms with E-state index < -0.39 is 0 Å². The second kappa shape index (κ2) is 4.84. The molecule has 1 atom stereocenters. The highest BCUT2D eigenvalue weighted by atomic mass is 16.1. The predicted molar refractivity (Wildman–Crippen MR) is 66.5 cm³/mol. The Balaban J connectivity index is 2.25. The van der Waals surface area contributed by atoms with E-state index in [1.807, 2.05) is 53.4 Å². The molecule has 0 radical (unpaired) electrons. The molecule has 1 unspecified atom stereocenters. The monoisotopic (exact) mass is 229 g/mol. The van der Waals surface area contributed by atoms with Crippen LogP contribution < -0.4 is 11.5 Å². The molecule has 0 aliphatic heterocycles. The summed E-state index contributed by atoms with van der Waals surface area (Å²) >= 11 is 0. The van der Waals surface area contributed by atoms with Gasteiger partial charge in [0.15, 0.2) is 0 Å². The van der Waals surface area contributed by atoms with Crippen LogP contribution in [-0.2, 0) is 4.79 Å². The highest BCUT2D eigenvalue weighted by molar-refractivity contribution is 5.74. The maximum atomic E-state index is 10.8. The van der Waals surface area contributed by atoms with Crippen molar-refractivity contribution in [3.63, 3.8) is 0 Å². The lowest BCUT2D eigenvalue weighted by Gasteiger charge is -2.12. The van der Waals surface area contributed by atoms with Crippen LogP contribution in [0.15, 0.2) is 48.8 Å². The van der Waals surface area contributed by atoms with Crippen LogP contribution in [-0.4, -0.2) is 10.5 Å². The second-order valence-electron chi connectivity index (χ2n) is 3.96. The molecule has 0 spiro atoms. The van der Waals surface area contributed by atoms with Gasteiger partial charge >= 0.3 is 0 Å². The fourth-order valence-electron chi connectivity index (χ4n) is 1.76. The van der Waals surface area contributed by atoms with E-state index in [9.17, 15) is 4.79 Å². The molecule has 1 amide bonds. The van der Waals surface area contributed by atoms with Gasteiger partial charge in [-0.05, 0) is 29.8 Å². The molecule has 1 aromatic heterocycles. The molecular formula is C13H15N3O. The normalized spacial score (nSPS) is 12.3. The first-order chi connectivity index (χ1) is 8.16. The average Bonchev–Trinajstić information content (AvgIpc) is 2.82. The Morgan fingerprint density at radius 3 is 2.59 bits per heavy atom. The fraction of sp³-hybridized carbons (Fsp3) is 0.154. The summed E-state index contributed by atoms with van der Waals surface area (Å²) in [6.45, 7) is 0. The molecule has 0 bridgehead atoms. The van der Waals surface area contributed by atoms with Gasteiger partial charge < -0.3 is 16.0 Å².